The van der Waals surface area contributed by atoms with Gasteiger partial charge in [0.15, 0.2) is 0 Å². The van der Waals surface area contributed by atoms with E-state index in [1.54, 1.807) is 0 Å². The minimum atomic E-state index is -0.713. The van der Waals surface area contributed by atoms with E-state index in [-0.39, 0.29) is 5.92 Å². The number of aliphatic hydroxyl groups is 2. The predicted molar refractivity (Wildman–Crippen MR) is 80.6 cm³/mol. The monoisotopic (exact) mass is 274 g/mol. The Morgan fingerprint density at radius 2 is 1.55 bits per heavy atom. The summed E-state index contributed by atoms with van der Waals surface area (Å²) in [6.45, 7) is 0. The van der Waals surface area contributed by atoms with Crippen molar-refractivity contribution in [2.24, 2.45) is 5.92 Å². The van der Waals surface area contributed by atoms with E-state index < -0.39 is 12.2 Å². The maximum Gasteiger partial charge on any atom is 0.105 e. The fourth-order valence-electron chi connectivity index (χ4n) is 3.79. The molecule has 2 nitrogen and oxygen atoms in total. The molecule has 2 unspecified atom stereocenters. The second kappa shape index (κ2) is 6.28. The summed E-state index contributed by atoms with van der Waals surface area (Å²) in [7, 11) is 0. The molecule has 1 aromatic rings. The molecule has 0 bridgehead atoms. The summed E-state index contributed by atoms with van der Waals surface area (Å²) in [6, 6.07) is 8.17. The Kier molecular flexibility index (Phi) is 4.42. The second-order valence-electron chi connectivity index (χ2n) is 6.59. The lowest BCUT2D eigenvalue weighted by molar-refractivity contribution is -0.0292. The summed E-state index contributed by atoms with van der Waals surface area (Å²) in [5.74, 6) is 0.868. The number of benzene rings is 1. The third-order valence-corrected chi connectivity index (χ3v) is 5.32. The lowest BCUT2D eigenvalue weighted by Crippen LogP contribution is -2.30. The van der Waals surface area contributed by atoms with Gasteiger partial charge in [-0.3, -0.25) is 0 Å². The first-order chi connectivity index (χ1) is 9.77. The van der Waals surface area contributed by atoms with Gasteiger partial charge >= 0.3 is 0 Å². The van der Waals surface area contributed by atoms with E-state index in [4.69, 9.17) is 0 Å². The van der Waals surface area contributed by atoms with Crippen molar-refractivity contribution >= 4 is 0 Å². The maximum absolute atomic E-state index is 10.6. The molecule has 0 amide bonds. The van der Waals surface area contributed by atoms with Crippen molar-refractivity contribution in [3.63, 3.8) is 0 Å². The highest BCUT2D eigenvalue weighted by Crippen LogP contribution is 2.41. The Morgan fingerprint density at radius 1 is 0.850 bits per heavy atom. The third kappa shape index (κ3) is 2.77. The van der Waals surface area contributed by atoms with Gasteiger partial charge in [-0.15, -0.1) is 0 Å². The van der Waals surface area contributed by atoms with Gasteiger partial charge in [0.25, 0.3) is 0 Å². The smallest absolute Gasteiger partial charge is 0.105 e. The first-order valence-electron chi connectivity index (χ1n) is 8.22. The predicted octanol–water partition coefficient (Wildman–Crippen LogP) is 3.93. The van der Waals surface area contributed by atoms with Gasteiger partial charge in [-0.2, -0.15) is 0 Å². The van der Waals surface area contributed by atoms with E-state index in [2.05, 4.69) is 12.1 Å². The van der Waals surface area contributed by atoms with Crippen LogP contribution in [0.25, 0.3) is 0 Å². The summed E-state index contributed by atoms with van der Waals surface area (Å²) in [5, 5.41) is 21.2. The van der Waals surface area contributed by atoms with Crippen LogP contribution >= 0.6 is 0 Å². The maximum atomic E-state index is 10.6. The molecule has 2 saturated carbocycles. The molecule has 2 atom stereocenters. The number of hydrogen-bond donors (Lipinski definition) is 2. The van der Waals surface area contributed by atoms with E-state index in [1.807, 2.05) is 12.1 Å². The molecule has 2 N–H and O–H groups in total. The lowest BCUT2D eigenvalue weighted by atomic mass is 9.75. The van der Waals surface area contributed by atoms with Crippen molar-refractivity contribution in [1.82, 2.24) is 0 Å². The zero-order chi connectivity index (χ0) is 13.9. The quantitative estimate of drug-likeness (QED) is 0.873. The zero-order valence-electron chi connectivity index (χ0n) is 12.2. The van der Waals surface area contributed by atoms with Gasteiger partial charge in [0.05, 0.1) is 6.10 Å². The van der Waals surface area contributed by atoms with Crippen molar-refractivity contribution in [2.45, 2.75) is 69.5 Å². The molecule has 2 aliphatic rings. The summed E-state index contributed by atoms with van der Waals surface area (Å²) in [6.07, 6.45) is 8.21. The molecule has 0 spiro atoms. The van der Waals surface area contributed by atoms with Crippen LogP contribution in [-0.4, -0.2) is 16.3 Å². The lowest BCUT2D eigenvalue weighted by Gasteiger charge is -2.33. The fourth-order valence-corrected chi connectivity index (χ4v) is 3.79. The Balaban J connectivity index is 1.76. The van der Waals surface area contributed by atoms with Crippen LogP contribution < -0.4 is 0 Å². The molecule has 20 heavy (non-hydrogen) atoms. The van der Waals surface area contributed by atoms with Crippen molar-refractivity contribution in [3.05, 3.63) is 35.4 Å². The molecule has 110 valence electrons. The van der Waals surface area contributed by atoms with Crippen molar-refractivity contribution in [3.8, 4) is 0 Å². The summed E-state index contributed by atoms with van der Waals surface area (Å²) in [4.78, 5) is 0. The zero-order valence-corrected chi connectivity index (χ0v) is 12.2. The van der Waals surface area contributed by atoms with Crippen molar-refractivity contribution < 1.29 is 10.2 Å². The summed E-state index contributed by atoms with van der Waals surface area (Å²) in [5.41, 5.74) is 2.23. The molecular weight excluding hydrogens is 248 g/mol. The molecule has 3 rings (SSSR count). The Labute approximate surface area is 121 Å². The SMILES string of the molecule is OC(c1ccccc1C1CCC1)C(O)C1CCCCC1. The largest absolute Gasteiger partial charge is 0.390 e. The topological polar surface area (TPSA) is 40.5 Å². The molecule has 0 radical (unpaired) electrons. The highest BCUT2D eigenvalue weighted by Gasteiger charge is 2.31. The standard InChI is InChI=1S/C18H26O2/c19-17(14-7-2-1-3-8-14)18(20)16-12-5-4-11-15(16)13-9-6-10-13/h4-5,11-14,17-20H,1-3,6-10H2. The first kappa shape index (κ1) is 14.1. The molecule has 0 heterocycles. The highest BCUT2D eigenvalue weighted by atomic mass is 16.3. The van der Waals surface area contributed by atoms with Gasteiger partial charge in [0.2, 0.25) is 0 Å². The molecule has 0 saturated heterocycles. The van der Waals surface area contributed by atoms with E-state index in [0.29, 0.717) is 5.92 Å². The van der Waals surface area contributed by atoms with Crippen LogP contribution in [0.2, 0.25) is 0 Å². The molecule has 0 aliphatic heterocycles. The minimum Gasteiger partial charge on any atom is -0.390 e. The van der Waals surface area contributed by atoms with Crippen LogP contribution in [0.3, 0.4) is 0 Å². The Bertz CT molecular complexity index is 433. The van der Waals surface area contributed by atoms with Crippen LogP contribution in [0.5, 0.6) is 0 Å². The van der Waals surface area contributed by atoms with Gasteiger partial charge in [-0.05, 0) is 48.6 Å². The normalized spacial score (nSPS) is 24.1. The Morgan fingerprint density at radius 3 is 2.20 bits per heavy atom. The second-order valence-corrected chi connectivity index (χ2v) is 6.59. The van der Waals surface area contributed by atoms with Crippen LogP contribution in [0.15, 0.2) is 24.3 Å². The number of rotatable bonds is 4. The number of hydrogen-bond acceptors (Lipinski definition) is 2. The number of aliphatic hydroxyl groups excluding tert-OH is 2. The van der Waals surface area contributed by atoms with Crippen LogP contribution in [0.1, 0.15) is 74.5 Å². The van der Waals surface area contributed by atoms with Gasteiger partial charge in [0.1, 0.15) is 6.10 Å². The van der Waals surface area contributed by atoms with E-state index in [1.165, 1.54) is 44.1 Å². The van der Waals surface area contributed by atoms with Crippen molar-refractivity contribution in [1.29, 1.82) is 0 Å². The van der Waals surface area contributed by atoms with Gasteiger partial charge < -0.3 is 10.2 Å². The van der Waals surface area contributed by atoms with Gasteiger partial charge in [-0.25, -0.2) is 0 Å². The molecular formula is C18H26O2. The first-order valence-corrected chi connectivity index (χ1v) is 8.22. The molecule has 2 heteroatoms. The van der Waals surface area contributed by atoms with Gasteiger partial charge in [0, 0.05) is 0 Å². The summed E-state index contributed by atoms with van der Waals surface area (Å²) >= 11 is 0. The minimum absolute atomic E-state index is 0.271. The van der Waals surface area contributed by atoms with E-state index in [9.17, 15) is 10.2 Å². The molecule has 1 aromatic carbocycles. The third-order valence-electron chi connectivity index (χ3n) is 5.32. The molecule has 2 aliphatic carbocycles. The molecule has 0 aromatic heterocycles. The van der Waals surface area contributed by atoms with Crippen molar-refractivity contribution in [2.75, 3.05) is 0 Å². The van der Waals surface area contributed by atoms with Gasteiger partial charge in [-0.1, -0.05) is 49.9 Å². The summed E-state index contributed by atoms with van der Waals surface area (Å²) < 4.78 is 0. The van der Waals surface area contributed by atoms with Crippen LogP contribution in [0.4, 0.5) is 0 Å². The van der Waals surface area contributed by atoms with Crippen LogP contribution in [0, 0.1) is 5.92 Å². The average molecular weight is 274 g/mol. The fraction of sp³-hybridized carbons (Fsp3) is 0.667. The highest BCUT2D eigenvalue weighted by molar-refractivity contribution is 5.34. The Hall–Kier alpha value is -0.860. The van der Waals surface area contributed by atoms with Crippen LogP contribution in [-0.2, 0) is 0 Å². The molecule has 2 fully saturated rings. The van der Waals surface area contributed by atoms with E-state index in [0.717, 1.165) is 18.4 Å². The van der Waals surface area contributed by atoms with E-state index >= 15 is 0 Å². The average Bonchev–Trinajstić information content (AvgIpc) is 2.45.